The monoisotopic (exact) mass is 290 g/mol. The second-order valence-corrected chi connectivity index (χ2v) is 7.11. The topological polar surface area (TPSA) is 35.5 Å². The molecule has 1 saturated heterocycles. The Hall–Kier alpha value is -0.900. The number of rotatable bonds is 6. The van der Waals surface area contributed by atoms with Gasteiger partial charge >= 0.3 is 0 Å². The number of hydrogen-bond donors (Lipinski definition) is 2. The van der Waals surface area contributed by atoms with Gasteiger partial charge in [-0.25, -0.2) is 0 Å². The number of hydrogen-bond acceptors (Lipinski definition) is 3. The molecule has 1 aromatic rings. The minimum absolute atomic E-state index is 0.105. The van der Waals surface area contributed by atoms with E-state index < -0.39 is 0 Å². The van der Waals surface area contributed by atoms with Crippen molar-refractivity contribution in [2.45, 2.75) is 39.3 Å². The Morgan fingerprint density at radius 1 is 1.33 bits per heavy atom. The molecular weight excluding hydrogens is 260 g/mol. The van der Waals surface area contributed by atoms with Gasteiger partial charge in [0.05, 0.1) is 6.61 Å². The second kappa shape index (κ2) is 6.91. The highest BCUT2D eigenvalue weighted by Crippen LogP contribution is 2.36. The molecule has 1 fully saturated rings. The van der Waals surface area contributed by atoms with Gasteiger partial charge in [-0.3, -0.25) is 4.90 Å². The summed E-state index contributed by atoms with van der Waals surface area (Å²) in [4.78, 5) is 2.47. The smallest absolute Gasteiger partial charge is 0.0589 e. The van der Waals surface area contributed by atoms with Gasteiger partial charge in [-0.1, -0.05) is 51.1 Å². The van der Waals surface area contributed by atoms with Crippen molar-refractivity contribution in [1.82, 2.24) is 10.2 Å². The predicted molar refractivity (Wildman–Crippen MR) is 88.3 cm³/mol. The lowest BCUT2D eigenvalue weighted by atomic mass is 9.79. The first-order valence-electron chi connectivity index (χ1n) is 8.06. The maximum Gasteiger partial charge on any atom is 0.0589 e. The summed E-state index contributed by atoms with van der Waals surface area (Å²) in [6.45, 7) is 9.26. The molecule has 118 valence electrons. The summed E-state index contributed by atoms with van der Waals surface area (Å²) in [7, 11) is 2.04. The van der Waals surface area contributed by atoms with Gasteiger partial charge in [0.25, 0.3) is 0 Å². The molecule has 3 nitrogen and oxygen atoms in total. The third-order valence-electron chi connectivity index (χ3n) is 5.00. The Bertz CT molecular complexity index is 432. The van der Waals surface area contributed by atoms with E-state index >= 15 is 0 Å². The van der Waals surface area contributed by atoms with Gasteiger partial charge < -0.3 is 10.4 Å². The maximum absolute atomic E-state index is 9.66. The van der Waals surface area contributed by atoms with Crippen LogP contribution in [-0.4, -0.2) is 42.8 Å². The molecular formula is C18H30N2O. The van der Waals surface area contributed by atoms with Crippen molar-refractivity contribution < 1.29 is 5.11 Å². The van der Waals surface area contributed by atoms with Crippen molar-refractivity contribution in [1.29, 1.82) is 0 Å². The Kier molecular flexibility index (Phi) is 5.42. The molecule has 0 amide bonds. The standard InChI is InChI=1S/C18H30N2O/c1-14-10-11-20(16(14)12-21)13-18(2,3)17(19-4)15-8-6-5-7-9-15/h5-9,14,16-17,19,21H,10-13H2,1-4H3. The largest absolute Gasteiger partial charge is 0.395 e. The molecule has 0 aliphatic carbocycles. The van der Waals surface area contributed by atoms with Crippen molar-refractivity contribution in [2.75, 3.05) is 26.7 Å². The fourth-order valence-electron chi connectivity index (χ4n) is 3.85. The van der Waals surface area contributed by atoms with E-state index in [0.29, 0.717) is 18.0 Å². The van der Waals surface area contributed by atoms with Crippen LogP contribution in [-0.2, 0) is 0 Å². The van der Waals surface area contributed by atoms with Crippen LogP contribution in [0, 0.1) is 11.3 Å². The molecule has 2 rings (SSSR count). The number of aliphatic hydroxyl groups excluding tert-OH is 1. The third kappa shape index (κ3) is 3.65. The van der Waals surface area contributed by atoms with Crippen molar-refractivity contribution >= 4 is 0 Å². The van der Waals surface area contributed by atoms with Gasteiger partial charge in [-0.15, -0.1) is 0 Å². The van der Waals surface area contributed by atoms with E-state index in [1.807, 2.05) is 7.05 Å². The van der Waals surface area contributed by atoms with Crippen LogP contribution in [0.5, 0.6) is 0 Å². The summed E-state index contributed by atoms with van der Waals surface area (Å²) >= 11 is 0. The summed E-state index contributed by atoms with van der Waals surface area (Å²) in [6.07, 6.45) is 1.19. The van der Waals surface area contributed by atoms with Crippen LogP contribution in [0.1, 0.15) is 38.8 Å². The normalized spacial score (nSPS) is 25.2. The number of likely N-dealkylation sites (tertiary alicyclic amines) is 1. The third-order valence-corrected chi connectivity index (χ3v) is 5.00. The lowest BCUT2D eigenvalue weighted by Crippen LogP contribution is -2.45. The molecule has 0 bridgehead atoms. The van der Waals surface area contributed by atoms with Crippen LogP contribution in [0.3, 0.4) is 0 Å². The first-order valence-corrected chi connectivity index (χ1v) is 8.06. The summed E-state index contributed by atoms with van der Waals surface area (Å²) in [6, 6.07) is 11.3. The molecule has 1 aliphatic rings. The zero-order valence-electron chi connectivity index (χ0n) is 13.8. The summed E-state index contributed by atoms with van der Waals surface area (Å²) in [5.41, 5.74) is 1.44. The Morgan fingerprint density at radius 3 is 2.57 bits per heavy atom. The van der Waals surface area contributed by atoms with Gasteiger partial charge in [-0.05, 0) is 36.9 Å². The molecule has 0 aromatic heterocycles. The van der Waals surface area contributed by atoms with Crippen molar-refractivity contribution in [3.8, 4) is 0 Å². The van der Waals surface area contributed by atoms with Crippen LogP contribution in [0.25, 0.3) is 0 Å². The van der Waals surface area contributed by atoms with Crippen molar-refractivity contribution in [2.24, 2.45) is 11.3 Å². The molecule has 1 aromatic carbocycles. The lowest BCUT2D eigenvalue weighted by molar-refractivity contribution is 0.0861. The van der Waals surface area contributed by atoms with E-state index in [-0.39, 0.29) is 12.0 Å². The van der Waals surface area contributed by atoms with E-state index in [4.69, 9.17) is 0 Å². The number of nitrogens with zero attached hydrogens (tertiary/aromatic N) is 1. The van der Waals surface area contributed by atoms with Crippen LogP contribution < -0.4 is 5.32 Å². The minimum Gasteiger partial charge on any atom is -0.395 e. The van der Waals surface area contributed by atoms with Gasteiger partial charge in [0, 0.05) is 18.6 Å². The molecule has 3 unspecified atom stereocenters. The molecule has 0 radical (unpaired) electrons. The van der Waals surface area contributed by atoms with Crippen LogP contribution in [0.15, 0.2) is 30.3 Å². The van der Waals surface area contributed by atoms with Gasteiger partial charge in [0.1, 0.15) is 0 Å². The molecule has 2 N–H and O–H groups in total. The van der Waals surface area contributed by atoms with Crippen LogP contribution in [0.2, 0.25) is 0 Å². The fraction of sp³-hybridized carbons (Fsp3) is 0.667. The first-order chi connectivity index (χ1) is 9.99. The second-order valence-electron chi connectivity index (χ2n) is 7.11. The first kappa shape index (κ1) is 16.5. The van der Waals surface area contributed by atoms with Crippen LogP contribution >= 0.6 is 0 Å². The summed E-state index contributed by atoms with van der Waals surface area (Å²) in [5.74, 6) is 0.593. The molecule has 1 aliphatic heterocycles. The van der Waals surface area contributed by atoms with E-state index in [1.54, 1.807) is 0 Å². The van der Waals surface area contributed by atoms with E-state index in [1.165, 1.54) is 12.0 Å². The van der Waals surface area contributed by atoms with Gasteiger partial charge in [0.2, 0.25) is 0 Å². The highest BCUT2D eigenvalue weighted by Gasteiger charge is 2.37. The SMILES string of the molecule is CNC(c1ccccc1)C(C)(C)CN1CCC(C)C1CO. The van der Waals surface area contributed by atoms with Crippen molar-refractivity contribution in [3.63, 3.8) is 0 Å². The highest BCUT2D eigenvalue weighted by molar-refractivity contribution is 5.21. The summed E-state index contributed by atoms with van der Waals surface area (Å²) < 4.78 is 0. The Balaban J connectivity index is 2.13. The quantitative estimate of drug-likeness (QED) is 0.845. The average molecular weight is 290 g/mol. The average Bonchev–Trinajstić information content (AvgIpc) is 2.80. The van der Waals surface area contributed by atoms with E-state index in [9.17, 15) is 5.11 Å². The van der Waals surface area contributed by atoms with Gasteiger partial charge in [0.15, 0.2) is 0 Å². The predicted octanol–water partition coefficient (Wildman–Crippen LogP) is 2.68. The number of benzene rings is 1. The Morgan fingerprint density at radius 2 is 2.00 bits per heavy atom. The molecule has 1 heterocycles. The molecule has 3 heteroatoms. The lowest BCUT2D eigenvalue weighted by Gasteiger charge is -2.39. The molecule has 3 atom stereocenters. The zero-order chi connectivity index (χ0) is 15.5. The fourth-order valence-corrected chi connectivity index (χ4v) is 3.85. The van der Waals surface area contributed by atoms with E-state index in [0.717, 1.165) is 13.1 Å². The van der Waals surface area contributed by atoms with Crippen LogP contribution in [0.4, 0.5) is 0 Å². The molecule has 0 spiro atoms. The van der Waals surface area contributed by atoms with Gasteiger partial charge in [-0.2, -0.15) is 0 Å². The number of aliphatic hydroxyl groups is 1. The molecule has 0 saturated carbocycles. The van der Waals surface area contributed by atoms with E-state index in [2.05, 4.69) is 61.3 Å². The van der Waals surface area contributed by atoms with Crippen molar-refractivity contribution in [3.05, 3.63) is 35.9 Å². The summed E-state index contributed by atoms with van der Waals surface area (Å²) in [5, 5.41) is 13.1. The minimum atomic E-state index is 0.105. The Labute approximate surface area is 129 Å². The molecule has 21 heavy (non-hydrogen) atoms. The zero-order valence-corrected chi connectivity index (χ0v) is 13.8. The maximum atomic E-state index is 9.66. The highest BCUT2D eigenvalue weighted by atomic mass is 16.3. The number of nitrogens with one attached hydrogen (secondary N) is 1.